The molecule has 0 radical (unpaired) electrons. The minimum atomic E-state index is -2.28. The molecule has 128 valence electrons. The smallest absolute Gasteiger partial charge is 0.377 e. The highest BCUT2D eigenvalue weighted by atomic mass is 28.4. The Morgan fingerprint density at radius 1 is 0.857 bits per heavy atom. The number of hydrogen-bond donors (Lipinski definition) is 0. The van der Waals surface area contributed by atoms with Crippen molar-refractivity contribution in [3.8, 4) is 0 Å². The van der Waals surface area contributed by atoms with Crippen molar-refractivity contribution < 1.29 is 13.3 Å². The summed E-state index contributed by atoms with van der Waals surface area (Å²) in [6.07, 6.45) is 7.59. The van der Waals surface area contributed by atoms with Crippen molar-refractivity contribution in [2.45, 2.75) is 77.2 Å². The fourth-order valence-corrected chi connectivity index (χ4v) is 7.11. The van der Waals surface area contributed by atoms with Gasteiger partial charge in [-0.3, -0.25) is 0 Å². The molecule has 3 nitrogen and oxygen atoms in total. The molecular formula is C16H38O3Si2. The molecular weight excluding hydrogens is 296 g/mol. The summed E-state index contributed by atoms with van der Waals surface area (Å²) in [5, 5.41) is 0. The molecule has 0 heterocycles. The summed E-state index contributed by atoms with van der Waals surface area (Å²) < 4.78 is 15.7. The quantitative estimate of drug-likeness (QED) is 0.626. The molecule has 0 aromatic carbocycles. The highest BCUT2D eigenvalue weighted by molar-refractivity contribution is 6.77. The molecule has 0 aliphatic heterocycles. The normalized spacial score (nSPS) is 17.6. The maximum absolute atomic E-state index is 5.24. The first kappa shape index (κ1) is 21.3. The highest BCUT2D eigenvalue weighted by Crippen LogP contribution is 2.36. The van der Waals surface area contributed by atoms with Gasteiger partial charge in [-0.05, 0) is 11.5 Å². The predicted molar refractivity (Wildman–Crippen MR) is 96.6 cm³/mol. The molecule has 0 bridgehead atoms. The van der Waals surface area contributed by atoms with Gasteiger partial charge in [0, 0.05) is 35.4 Å². The number of hydrogen-bond acceptors (Lipinski definition) is 3. The molecule has 1 saturated carbocycles. The Bertz CT molecular complexity index is 246. The second kappa shape index (κ2) is 10.2. The molecule has 0 atom stereocenters. The van der Waals surface area contributed by atoms with E-state index in [-0.39, 0.29) is 0 Å². The lowest BCUT2D eigenvalue weighted by molar-refractivity contribution is 0.119. The van der Waals surface area contributed by atoms with Gasteiger partial charge in [0.2, 0.25) is 0 Å². The Kier molecular flexibility index (Phi) is 10.3. The van der Waals surface area contributed by atoms with E-state index in [0.717, 1.165) is 11.6 Å². The van der Waals surface area contributed by atoms with Crippen molar-refractivity contribution >= 4 is 16.9 Å². The van der Waals surface area contributed by atoms with Crippen LogP contribution in [0.4, 0.5) is 0 Å². The zero-order valence-electron chi connectivity index (χ0n) is 15.6. The molecule has 5 heteroatoms. The first-order chi connectivity index (χ1) is 9.70. The van der Waals surface area contributed by atoms with Crippen LogP contribution in [0, 0.1) is 5.92 Å². The molecule has 1 fully saturated rings. The summed E-state index contributed by atoms with van der Waals surface area (Å²) in [6, 6.07) is 0.872. The summed E-state index contributed by atoms with van der Waals surface area (Å²) in [5.74, 6) is 0.543. The zero-order valence-corrected chi connectivity index (χ0v) is 17.6. The highest BCUT2D eigenvalue weighted by Gasteiger charge is 2.38. The summed E-state index contributed by atoms with van der Waals surface area (Å²) in [5.41, 5.74) is 1.14. The van der Waals surface area contributed by atoms with Crippen LogP contribution in [0.3, 0.4) is 0 Å². The first-order valence-corrected chi connectivity index (χ1v) is 13.9. The van der Waals surface area contributed by atoms with Crippen LogP contribution in [-0.2, 0) is 13.3 Å². The summed E-state index contributed by atoms with van der Waals surface area (Å²) in [6.45, 7) is 11.8. The van der Waals surface area contributed by atoms with E-state index in [1.54, 1.807) is 21.3 Å². The lowest BCUT2D eigenvalue weighted by atomic mass is 10.0. The van der Waals surface area contributed by atoms with Gasteiger partial charge < -0.3 is 13.3 Å². The van der Waals surface area contributed by atoms with Crippen LogP contribution in [0.2, 0.25) is 31.2 Å². The molecule has 1 rings (SSSR count). The third-order valence-corrected chi connectivity index (χ3v) is 10.6. The topological polar surface area (TPSA) is 27.7 Å². The molecule has 0 spiro atoms. The largest absolute Gasteiger partial charge is 0.500 e. The van der Waals surface area contributed by atoms with E-state index in [9.17, 15) is 0 Å². The molecule has 0 aromatic rings. The van der Waals surface area contributed by atoms with Gasteiger partial charge >= 0.3 is 8.80 Å². The van der Waals surface area contributed by atoms with Crippen molar-refractivity contribution in [3.63, 3.8) is 0 Å². The van der Waals surface area contributed by atoms with Crippen LogP contribution < -0.4 is 0 Å². The van der Waals surface area contributed by atoms with Gasteiger partial charge in [0.25, 0.3) is 0 Å². The van der Waals surface area contributed by atoms with Gasteiger partial charge in [-0.2, -0.15) is 0 Å². The van der Waals surface area contributed by atoms with Gasteiger partial charge in [-0.1, -0.05) is 65.6 Å². The van der Waals surface area contributed by atoms with Gasteiger partial charge in [0.15, 0.2) is 0 Å². The molecule has 0 N–H and O–H groups in total. The maximum Gasteiger partial charge on any atom is 0.500 e. The second-order valence-electron chi connectivity index (χ2n) is 7.59. The van der Waals surface area contributed by atoms with E-state index in [1.165, 1.54) is 32.1 Å². The average molecular weight is 335 g/mol. The zero-order chi connectivity index (χ0) is 16.5. The Labute approximate surface area is 135 Å². The fourth-order valence-electron chi connectivity index (χ4n) is 2.97. The molecule has 0 saturated heterocycles. The van der Waals surface area contributed by atoms with Crippen LogP contribution in [0.5, 0.6) is 0 Å². The summed E-state index contributed by atoms with van der Waals surface area (Å²) in [4.78, 5) is 0. The average Bonchev–Trinajstić information content (AvgIpc) is 2.45. The van der Waals surface area contributed by atoms with Gasteiger partial charge in [0.05, 0.1) is 0 Å². The SMILES string of the molecule is CO[Si](CC(C)C)(OC)OC.C[Si](C)(C)C1CCCCC1. The first-order valence-electron chi connectivity index (χ1n) is 8.36. The Hall–Kier alpha value is 0.314. The van der Waals surface area contributed by atoms with E-state index in [2.05, 4.69) is 33.5 Å². The van der Waals surface area contributed by atoms with Crippen molar-refractivity contribution in [2.24, 2.45) is 5.92 Å². The van der Waals surface area contributed by atoms with E-state index in [0.29, 0.717) is 5.92 Å². The maximum atomic E-state index is 5.24. The van der Waals surface area contributed by atoms with Crippen LogP contribution >= 0.6 is 0 Å². The van der Waals surface area contributed by atoms with Gasteiger partial charge in [-0.15, -0.1) is 0 Å². The Balaban J connectivity index is 0.000000382. The third kappa shape index (κ3) is 8.50. The Morgan fingerprint density at radius 2 is 1.29 bits per heavy atom. The van der Waals surface area contributed by atoms with Crippen molar-refractivity contribution in [2.75, 3.05) is 21.3 Å². The van der Waals surface area contributed by atoms with Crippen LogP contribution in [-0.4, -0.2) is 38.2 Å². The fraction of sp³-hybridized carbons (Fsp3) is 1.00. The van der Waals surface area contributed by atoms with Crippen LogP contribution in [0.25, 0.3) is 0 Å². The summed E-state index contributed by atoms with van der Waals surface area (Å²) >= 11 is 0. The molecule has 1 aliphatic carbocycles. The Morgan fingerprint density at radius 3 is 1.48 bits per heavy atom. The molecule has 21 heavy (non-hydrogen) atoms. The summed E-state index contributed by atoms with van der Waals surface area (Å²) in [7, 11) is 1.88. The molecule has 0 aromatic heterocycles. The molecule has 1 aliphatic rings. The minimum Gasteiger partial charge on any atom is -0.377 e. The minimum absolute atomic E-state index is 0.543. The van der Waals surface area contributed by atoms with E-state index >= 15 is 0 Å². The second-order valence-corrected chi connectivity index (χ2v) is 16.1. The van der Waals surface area contributed by atoms with Gasteiger partial charge in [0.1, 0.15) is 0 Å². The lowest BCUT2D eigenvalue weighted by Gasteiger charge is -2.32. The third-order valence-electron chi connectivity index (χ3n) is 4.42. The molecule has 0 unspecified atom stereocenters. The van der Waals surface area contributed by atoms with Crippen molar-refractivity contribution in [1.82, 2.24) is 0 Å². The van der Waals surface area contributed by atoms with Gasteiger partial charge in [-0.25, -0.2) is 0 Å². The van der Waals surface area contributed by atoms with E-state index in [1.807, 2.05) is 0 Å². The number of rotatable bonds is 6. The van der Waals surface area contributed by atoms with Crippen LogP contribution in [0.1, 0.15) is 46.0 Å². The molecule has 0 amide bonds. The van der Waals surface area contributed by atoms with Crippen molar-refractivity contribution in [1.29, 1.82) is 0 Å². The van der Waals surface area contributed by atoms with Crippen LogP contribution in [0.15, 0.2) is 0 Å². The van der Waals surface area contributed by atoms with Crippen molar-refractivity contribution in [3.05, 3.63) is 0 Å². The monoisotopic (exact) mass is 334 g/mol. The predicted octanol–water partition coefficient (Wildman–Crippen LogP) is 5.18. The standard InChI is InChI=1S/C9H20Si.C7H18O3Si/c1-10(2,3)9-7-5-4-6-8-9;1-7(2)6-11(8-3,9-4)10-5/h9H,4-8H2,1-3H3;7H,6H2,1-5H3. The lowest BCUT2D eigenvalue weighted by Crippen LogP contribution is -2.43. The van der Waals surface area contributed by atoms with E-state index < -0.39 is 16.9 Å². The van der Waals surface area contributed by atoms with E-state index in [4.69, 9.17) is 13.3 Å².